The predicted octanol–water partition coefficient (Wildman–Crippen LogP) is 2.29. The average molecular weight is 240 g/mol. The lowest BCUT2D eigenvalue weighted by Gasteiger charge is -1.98. The molecule has 0 fully saturated rings. The summed E-state index contributed by atoms with van der Waals surface area (Å²) in [5, 5.41) is 3.97. The molecule has 0 atom stereocenters. The zero-order valence-electron chi connectivity index (χ0n) is 9.95. The molecule has 0 N–H and O–H groups in total. The van der Waals surface area contributed by atoms with E-state index in [9.17, 15) is 0 Å². The highest BCUT2D eigenvalue weighted by Gasteiger charge is 2.09. The van der Waals surface area contributed by atoms with Crippen LogP contribution >= 0.6 is 0 Å². The maximum atomic E-state index is 5.24. The Balaban J connectivity index is 1.84. The molecule has 0 spiro atoms. The third kappa shape index (κ3) is 2.02. The van der Waals surface area contributed by atoms with Crippen molar-refractivity contribution in [3.05, 3.63) is 54.4 Å². The van der Waals surface area contributed by atoms with Crippen molar-refractivity contribution in [3.8, 4) is 11.5 Å². The van der Waals surface area contributed by atoms with E-state index in [1.807, 2.05) is 48.0 Å². The Kier molecular flexibility index (Phi) is 2.64. The van der Waals surface area contributed by atoms with Crippen molar-refractivity contribution in [1.29, 1.82) is 0 Å². The van der Waals surface area contributed by atoms with Gasteiger partial charge in [-0.3, -0.25) is 0 Å². The second-order valence-electron chi connectivity index (χ2n) is 3.98. The molecule has 3 aromatic rings. The Morgan fingerprint density at radius 1 is 1.22 bits per heavy atom. The molecule has 0 unspecified atom stereocenters. The maximum Gasteiger partial charge on any atom is 0.257 e. The van der Waals surface area contributed by atoms with Gasteiger partial charge >= 0.3 is 0 Å². The summed E-state index contributed by atoms with van der Waals surface area (Å²) in [4.78, 5) is 8.52. The molecule has 0 aliphatic heterocycles. The molecular weight excluding hydrogens is 228 g/mol. The van der Waals surface area contributed by atoms with Crippen LogP contribution < -0.4 is 0 Å². The van der Waals surface area contributed by atoms with Crippen LogP contribution in [0.25, 0.3) is 11.5 Å². The normalized spacial score (nSPS) is 10.7. The van der Waals surface area contributed by atoms with Gasteiger partial charge in [0.05, 0.1) is 6.54 Å². The number of aromatic nitrogens is 4. The average Bonchev–Trinajstić information content (AvgIpc) is 3.02. The second kappa shape index (κ2) is 4.44. The molecule has 0 aliphatic rings. The van der Waals surface area contributed by atoms with Gasteiger partial charge in [-0.2, -0.15) is 4.98 Å². The van der Waals surface area contributed by atoms with Gasteiger partial charge in [0.1, 0.15) is 5.82 Å². The summed E-state index contributed by atoms with van der Waals surface area (Å²) >= 11 is 0. The fourth-order valence-corrected chi connectivity index (χ4v) is 1.74. The summed E-state index contributed by atoms with van der Waals surface area (Å²) in [6, 6.07) is 9.73. The van der Waals surface area contributed by atoms with Crippen LogP contribution in [0.3, 0.4) is 0 Å². The number of benzene rings is 1. The number of imidazole rings is 1. The number of aryl methyl sites for hydroxylation is 1. The Labute approximate surface area is 104 Å². The van der Waals surface area contributed by atoms with Gasteiger partial charge in [0.2, 0.25) is 0 Å². The van der Waals surface area contributed by atoms with E-state index >= 15 is 0 Å². The smallest absolute Gasteiger partial charge is 0.257 e. The van der Waals surface area contributed by atoms with Gasteiger partial charge in [-0.05, 0) is 19.1 Å². The Morgan fingerprint density at radius 3 is 2.78 bits per heavy atom. The lowest BCUT2D eigenvalue weighted by atomic mass is 10.2. The van der Waals surface area contributed by atoms with E-state index in [4.69, 9.17) is 4.52 Å². The van der Waals surface area contributed by atoms with Crippen LogP contribution in [0.4, 0.5) is 0 Å². The lowest BCUT2D eigenvalue weighted by Crippen LogP contribution is -2.02. The molecule has 5 heteroatoms. The molecule has 0 bridgehead atoms. The zero-order valence-corrected chi connectivity index (χ0v) is 9.95. The van der Waals surface area contributed by atoms with Crippen LogP contribution in [0.15, 0.2) is 47.2 Å². The van der Waals surface area contributed by atoms with E-state index in [0.29, 0.717) is 18.3 Å². The first-order chi connectivity index (χ1) is 8.83. The number of hydrogen-bond donors (Lipinski definition) is 0. The summed E-state index contributed by atoms with van der Waals surface area (Å²) < 4.78 is 7.22. The molecule has 0 amide bonds. The Bertz CT molecular complexity index is 642. The van der Waals surface area contributed by atoms with E-state index in [-0.39, 0.29) is 0 Å². The summed E-state index contributed by atoms with van der Waals surface area (Å²) in [7, 11) is 0. The summed E-state index contributed by atoms with van der Waals surface area (Å²) in [6.07, 6.45) is 3.65. The minimum atomic E-state index is 0.545. The highest BCUT2D eigenvalue weighted by Crippen LogP contribution is 2.16. The van der Waals surface area contributed by atoms with Crippen LogP contribution in [0, 0.1) is 6.92 Å². The van der Waals surface area contributed by atoms with Crippen molar-refractivity contribution in [3.63, 3.8) is 0 Å². The molecule has 2 aromatic heterocycles. The Morgan fingerprint density at radius 2 is 2.06 bits per heavy atom. The molecule has 18 heavy (non-hydrogen) atoms. The molecule has 1 aromatic carbocycles. The fraction of sp³-hybridized carbons (Fsp3) is 0.154. The quantitative estimate of drug-likeness (QED) is 0.704. The molecule has 0 saturated heterocycles. The molecule has 3 rings (SSSR count). The van der Waals surface area contributed by atoms with E-state index in [1.165, 1.54) is 0 Å². The number of nitrogens with zero attached hydrogens (tertiary/aromatic N) is 4. The number of hydrogen-bond acceptors (Lipinski definition) is 4. The molecule has 2 heterocycles. The largest absolute Gasteiger partial charge is 0.334 e. The van der Waals surface area contributed by atoms with Gasteiger partial charge in [0.15, 0.2) is 5.82 Å². The minimum Gasteiger partial charge on any atom is -0.334 e. The van der Waals surface area contributed by atoms with Crippen molar-refractivity contribution in [2.24, 2.45) is 0 Å². The topological polar surface area (TPSA) is 56.7 Å². The molecule has 0 radical (unpaired) electrons. The molecule has 90 valence electrons. The van der Waals surface area contributed by atoms with E-state index in [2.05, 4.69) is 15.1 Å². The first-order valence-corrected chi connectivity index (χ1v) is 5.68. The zero-order chi connectivity index (χ0) is 12.4. The Hall–Kier alpha value is -2.43. The fourth-order valence-electron chi connectivity index (χ4n) is 1.74. The highest BCUT2D eigenvalue weighted by atomic mass is 16.5. The van der Waals surface area contributed by atoms with Gasteiger partial charge in [-0.1, -0.05) is 23.4 Å². The maximum absolute atomic E-state index is 5.24. The van der Waals surface area contributed by atoms with Crippen LogP contribution in [0.1, 0.15) is 11.6 Å². The SMILES string of the molecule is Cc1nccn1Cc1noc(-c2ccccc2)n1. The third-order valence-corrected chi connectivity index (χ3v) is 2.72. The third-order valence-electron chi connectivity index (χ3n) is 2.72. The van der Waals surface area contributed by atoms with Crippen molar-refractivity contribution in [2.45, 2.75) is 13.5 Å². The van der Waals surface area contributed by atoms with E-state index in [0.717, 1.165) is 11.4 Å². The van der Waals surface area contributed by atoms with E-state index in [1.54, 1.807) is 6.20 Å². The highest BCUT2D eigenvalue weighted by molar-refractivity contribution is 5.51. The van der Waals surface area contributed by atoms with Crippen molar-refractivity contribution >= 4 is 0 Å². The predicted molar refractivity (Wildman–Crippen MR) is 65.8 cm³/mol. The molecule has 5 nitrogen and oxygen atoms in total. The monoisotopic (exact) mass is 240 g/mol. The summed E-state index contributed by atoms with van der Waals surface area (Å²) in [6.45, 7) is 2.51. The van der Waals surface area contributed by atoms with Crippen LogP contribution in [0.5, 0.6) is 0 Å². The summed E-state index contributed by atoms with van der Waals surface area (Å²) in [5.41, 5.74) is 0.929. The van der Waals surface area contributed by atoms with Crippen molar-refractivity contribution < 1.29 is 4.52 Å². The van der Waals surface area contributed by atoms with Gasteiger partial charge in [-0.15, -0.1) is 0 Å². The first-order valence-electron chi connectivity index (χ1n) is 5.68. The van der Waals surface area contributed by atoms with Crippen LogP contribution in [0.2, 0.25) is 0 Å². The minimum absolute atomic E-state index is 0.545. The van der Waals surface area contributed by atoms with E-state index < -0.39 is 0 Å². The second-order valence-corrected chi connectivity index (χ2v) is 3.98. The number of rotatable bonds is 3. The van der Waals surface area contributed by atoms with Gasteiger partial charge in [0.25, 0.3) is 5.89 Å². The van der Waals surface area contributed by atoms with Crippen LogP contribution in [-0.2, 0) is 6.54 Å². The van der Waals surface area contributed by atoms with Gasteiger partial charge in [-0.25, -0.2) is 4.98 Å². The molecular formula is C13H12N4O. The molecule has 0 saturated carbocycles. The van der Waals surface area contributed by atoms with Gasteiger partial charge < -0.3 is 9.09 Å². The first kappa shape index (κ1) is 10.7. The molecule has 0 aliphatic carbocycles. The standard InChI is InChI=1S/C13H12N4O/c1-10-14-7-8-17(10)9-12-15-13(18-16-12)11-5-3-2-4-6-11/h2-8H,9H2,1H3. The van der Waals surface area contributed by atoms with Crippen molar-refractivity contribution in [2.75, 3.05) is 0 Å². The van der Waals surface area contributed by atoms with Crippen molar-refractivity contribution in [1.82, 2.24) is 19.7 Å². The van der Waals surface area contributed by atoms with Gasteiger partial charge in [0, 0.05) is 18.0 Å². The van der Waals surface area contributed by atoms with Crippen LogP contribution in [-0.4, -0.2) is 19.7 Å². The summed E-state index contributed by atoms with van der Waals surface area (Å²) in [5.74, 6) is 2.12. The lowest BCUT2D eigenvalue weighted by molar-refractivity contribution is 0.420.